The molecule has 0 bridgehead atoms. The third-order valence-corrected chi connectivity index (χ3v) is 3.82. The van der Waals surface area contributed by atoms with Crippen molar-refractivity contribution in [1.29, 1.82) is 0 Å². The van der Waals surface area contributed by atoms with Crippen molar-refractivity contribution in [2.75, 3.05) is 20.3 Å². The third-order valence-electron chi connectivity index (χ3n) is 3.82. The zero-order valence-electron chi connectivity index (χ0n) is 14.7. The van der Waals surface area contributed by atoms with Crippen LogP contribution in [0.4, 0.5) is 0 Å². The van der Waals surface area contributed by atoms with Crippen LogP contribution < -0.4 is 14.8 Å². The average molecular weight is 352 g/mol. The minimum Gasteiger partial charge on any atom is -0.494 e. The first-order chi connectivity index (χ1) is 12.7. The highest BCUT2D eigenvalue weighted by atomic mass is 16.5. The Kier molecular flexibility index (Phi) is 5.48. The molecule has 134 valence electrons. The normalized spacial score (nSPS) is 10.4. The van der Waals surface area contributed by atoms with Crippen LogP contribution in [0.5, 0.6) is 11.5 Å². The number of nitrogens with one attached hydrogen (secondary N) is 1. The van der Waals surface area contributed by atoms with E-state index in [4.69, 9.17) is 9.47 Å². The molecular formula is C19H20N4O3. The highest BCUT2D eigenvalue weighted by Gasteiger charge is 2.18. The molecule has 0 saturated heterocycles. The van der Waals surface area contributed by atoms with E-state index in [1.807, 2.05) is 54.6 Å². The van der Waals surface area contributed by atoms with Crippen molar-refractivity contribution in [2.24, 2.45) is 0 Å². The molecule has 2 aromatic carbocycles. The lowest BCUT2D eigenvalue weighted by Gasteiger charge is -2.09. The van der Waals surface area contributed by atoms with Crippen molar-refractivity contribution in [3.8, 4) is 17.2 Å². The minimum atomic E-state index is -0.291. The summed E-state index contributed by atoms with van der Waals surface area (Å²) in [7, 11) is 1.59. The Morgan fingerprint density at radius 1 is 1.12 bits per heavy atom. The van der Waals surface area contributed by atoms with Crippen LogP contribution in [-0.4, -0.2) is 41.2 Å². The van der Waals surface area contributed by atoms with Gasteiger partial charge in [-0.15, -0.1) is 5.10 Å². The largest absolute Gasteiger partial charge is 0.494 e. The van der Waals surface area contributed by atoms with E-state index in [1.54, 1.807) is 18.7 Å². The fraction of sp³-hybridized carbons (Fsp3) is 0.211. The second-order valence-electron chi connectivity index (χ2n) is 5.52. The zero-order chi connectivity index (χ0) is 18.4. The maximum Gasteiger partial charge on any atom is 0.273 e. The lowest BCUT2D eigenvalue weighted by atomic mass is 10.2. The van der Waals surface area contributed by atoms with Gasteiger partial charge >= 0.3 is 0 Å². The summed E-state index contributed by atoms with van der Waals surface area (Å²) in [6.07, 6.45) is 0. The Labute approximate surface area is 151 Å². The van der Waals surface area contributed by atoms with E-state index in [0.29, 0.717) is 24.6 Å². The van der Waals surface area contributed by atoms with Crippen molar-refractivity contribution in [3.05, 3.63) is 66.0 Å². The molecule has 0 aliphatic heterocycles. The molecule has 0 unspecified atom stereocenters. The number of rotatable bonds is 7. The highest BCUT2D eigenvalue weighted by Crippen LogP contribution is 2.23. The molecule has 0 atom stereocenters. The fourth-order valence-electron chi connectivity index (χ4n) is 2.51. The molecule has 7 heteroatoms. The first-order valence-electron chi connectivity index (χ1n) is 8.22. The van der Waals surface area contributed by atoms with Gasteiger partial charge in [0, 0.05) is 0 Å². The van der Waals surface area contributed by atoms with Crippen molar-refractivity contribution < 1.29 is 14.3 Å². The van der Waals surface area contributed by atoms with Gasteiger partial charge in [-0.3, -0.25) is 4.79 Å². The molecular weight excluding hydrogens is 332 g/mol. The molecule has 0 aliphatic rings. The van der Waals surface area contributed by atoms with Crippen LogP contribution in [-0.2, 0) is 0 Å². The van der Waals surface area contributed by atoms with Gasteiger partial charge in [0.25, 0.3) is 5.91 Å². The van der Waals surface area contributed by atoms with Crippen molar-refractivity contribution in [1.82, 2.24) is 20.3 Å². The van der Waals surface area contributed by atoms with Gasteiger partial charge in [0.2, 0.25) is 0 Å². The van der Waals surface area contributed by atoms with Crippen LogP contribution in [0.3, 0.4) is 0 Å². The number of methoxy groups -OCH3 is 1. The highest BCUT2D eigenvalue weighted by molar-refractivity contribution is 5.93. The predicted molar refractivity (Wildman–Crippen MR) is 96.9 cm³/mol. The smallest absolute Gasteiger partial charge is 0.273 e. The average Bonchev–Trinajstić information content (AvgIpc) is 3.07. The second kappa shape index (κ2) is 8.15. The lowest BCUT2D eigenvalue weighted by Crippen LogP contribution is -2.29. The molecule has 0 saturated carbocycles. The summed E-state index contributed by atoms with van der Waals surface area (Å²) in [6.45, 7) is 2.53. The molecule has 1 amide bonds. The summed E-state index contributed by atoms with van der Waals surface area (Å²) in [4.78, 5) is 12.4. The molecule has 0 fully saturated rings. The van der Waals surface area contributed by atoms with Gasteiger partial charge in [0.15, 0.2) is 5.69 Å². The van der Waals surface area contributed by atoms with E-state index in [0.717, 1.165) is 11.4 Å². The number of hydrogen-bond acceptors (Lipinski definition) is 5. The molecule has 3 aromatic rings. The summed E-state index contributed by atoms with van der Waals surface area (Å²) in [5.74, 6) is 1.13. The summed E-state index contributed by atoms with van der Waals surface area (Å²) < 4.78 is 12.5. The van der Waals surface area contributed by atoms with Crippen LogP contribution in [0.1, 0.15) is 16.2 Å². The molecule has 0 aliphatic carbocycles. The SMILES string of the molecule is COc1ccccc1-n1nnc(C(=O)NCCOc2ccccc2)c1C. The van der Waals surface area contributed by atoms with Gasteiger partial charge in [-0.05, 0) is 31.2 Å². The van der Waals surface area contributed by atoms with Crippen LogP contribution >= 0.6 is 0 Å². The quantitative estimate of drug-likeness (QED) is 0.661. The number of carbonyl (C=O) groups excluding carboxylic acids is 1. The van der Waals surface area contributed by atoms with Gasteiger partial charge in [-0.1, -0.05) is 35.5 Å². The fourth-order valence-corrected chi connectivity index (χ4v) is 2.51. The molecule has 0 spiro atoms. The number of nitrogens with zero attached hydrogens (tertiary/aromatic N) is 3. The van der Waals surface area contributed by atoms with Crippen molar-refractivity contribution >= 4 is 5.91 Å². The van der Waals surface area contributed by atoms with E-state index in [-0.39, 0.29) is 11.6 Å². The standard InChI is InChI=1S/C19H20N4O3/c1-14-18(19(24)20-12-13-26-15-8-4-3-5-9-15)21-22-23(14)16-10-6-7-11-17(16)25-2/h3-11H,12-13H2,1-2H3,(H,20,24). The number of carbonyl (C=O) groups is 1. The molecule has 1 N–H and O–H groups in total. The van der Waals surface area contributed by atoms with Crippen LogP contribution in [0.25, 0.3) is 5.69 Å². The lowest BCUT2D eigenvalue weighted by molar-refractivity contribution is 0.0941. The van der Waals surface area contributed by atoms with E-state index in [1.165, 1.54) is 0 Å². The molecule has 26 heavy (non-hydrogen) atoms. The van der Waals surface area contributed by atoms with Gasteiger partial charge in [-0.25, -0.2) is 4.68 Å². The first kappa shape index (κ1) is 17.5. The molecule has 3 rings (SSSR count). The number of amides is 1. The molecule has 0 radical (unpaired) electrons. The van der Waals surface area contributed by atoms with Crippen LogP contribution in [0.2, 0.25) is 0 Å². The summed E-state index contributed by atoms with van der Waals surface area (Å²) in [5.41, 5.74) is 1.64. The Morgan fingerprint density at radius 2 is 1.85 bits per heavy atom. The van der Waals surface area contributed by atoms with Crippen LogP contribution in [0.15, 0.2) is 54.6 Å². The maximum atomic E-state index is 12.4. The molecule has 1 heterocycles. The van der Waals surface area contributed by atoms with Crippen molar-refractivity contribution in [3.63, 3.8) is 0 Å². The predicted octanol–water partition coefficient (Wildman–Crippen LogP) is 2.39. The monoisotopic (exact) mass is 352 g/mol. The second-order valence-corrected chi connectivity index (χ2v) is 5.52. The Morgan fingerprint density at radius 3 is 2.62 bits per heavy atom. The Balaban J connectivity index is 1.63. The maximum absolute atomic E-state index is 12.4. The number of aromatic nitrogens is 3. The van der Waals surface area contributed by atoms with E-state index in [9.17, 15) is 4.79 Å². The first-order valence-corrected chi connectivity index (χ1v) is 8.22. The Hall–Kier alpha value is -3.35. The van der Waals surface area contributed by atoms with Gasteiger partial charge in [-0.2, -0.15) is 0 Å². The van der Waals surface area contributed by atoms with E-state index >= 15 is 0 Å². The molecule has 1 aromatic heterocycles. The summed E-state index contributed by atoms with van der Waals surface area (Å²) >= 11 is 0. The topological polar surface area (TPSA) is 78.3 Å². The van der Waals surface area contributed by atoms with Crippen LogP contribution in [0, 0.1) is 6.92 Å². The summed E-state index contributed by atoms with van der Waals surface area (Å²) in [6, 6.07) is 16.9. The van der Waals surface area contributed by atoms with Gasteiger partial charge < -0.3 is 14.8 Å². The third kappa shape index (κ3) is 3.83. The Bertz CT molecular complexity index is 878. The van der Waals surface area contributed by atoms with Crippen molar-refractivity contribution in [2.45, 2.75) is 6.92 Å². The molecule has 7 nitrogen and oxygen atoms in total. The van der Waals surface area contributed by atoms with Gasteiger partial charge in [0.1, 0.15) is 23.8 Å². The number of hydrogen-bond donors (Lipinski definition) is 1. The number of benzene rings is 2. The van der Waals surface area contributed by atoms with E-state index in [2.05, 4.69) is 15.6 Å². The summed E-state index contributed by atoms with van der Waals surface area (Å²) in [5, 5.41) is 10.9. The van der Waals surface area contributed by atoms with E-state index < -0.39 is 0 Å². The van der Waals surface area contributed by atoms with Gasteiger partial charge in [0.05, 0.1) is 19.3 Å². The minimum absolute atomic E-state index is 0.274. The number of para-hydroxylation sites is 3. The zero-order valence-corrected chi connectivity index (χ0v) is 14.7. The number of ether oxygens (including phenoxy) is 2.